The molecule has 1 saturated heterocycles. The van der Waals surface area contributed by atoms with Gasteiger partial charge in [-0.3, -0.25) is 9.69 Å². The van der Waals surface area contributed by atoms with Crippen molar-refractivity contribution in [1.82, 2.24) is 4.90 Å². The fraction of sp³-hybridized carbons (Fsp3) is 0.435. The van der Waals surface area contributed by atoms with Gasteiger partial charge in [-0.05, 0) is 55.0 Å². The third-order valence-corrected chi connectivity index (χ3v) is 6.60. The van der Waals surface area contributed by atoms with Crippen molar-refractivity contribution in [1.29, 1.82) is 0 Å². The number of rotatable bonds is 4. The summed E-state index contributed by atoms with van der Waals surface area (Å²) in [7, 11) is 0. The van der Waals surface area contributed by atoms with Crippen LogP contribution in [0.15, 0.2) is 53.0 Å². The molecule has 142 valence electrons. The van der Waals surface area contributed by atoms with E-state index in [0.29, 0.717) is 6.61 Å². The van der Waals surface area contributed by atoms with Crippen LogP contribution in [-0.2, 0) is 27.9 Å². The first-order valence-corrected chi connectivity index (χ1v) is 10.6. The summed E-state index contributed by atoms with van der Waals surface area (Å²) in [6.07, 6.45) is 3.26. The number of hydrogen-bond acceptors (Lipinski definition) is 3. The number of aryl methyl sites for hydroxylation is 1. The summed E-state index contributed by atoms with van der Waals surface area (Å²) in [5.41, 5.74) is 3.90. The molecule has 0 aromatic heterocycles. The number of esters is 1. The minimum absolute atomic E-state index is 0.0381. The molecule has 1 aliphatic heterocycles. The highest BCUT2D eigenvalue weighted by atomic mass is 79.9. The third kappa shape index (κ3) is 3.57. The van der Waals surface area contributed by atoms with Gasteiger partial charge >= 0.3 is 5.97 Å². The third-order valence-electron chi connectivity index (χ3n) is 6.11. The van der Waals surface area contributed by atoms with Crippen molar-refractivity contribution >= 4 is 21.9 Å². The van der Waals surface area contributed by atoms with E-state index in [9.17, 15) is 4.79 Å². The molecule has 1 heterocycles. The minimum Gasteiger partial charge on any atom is -0.466 e. The fourth-order valence-corrected chi connectivity index (χ4v) is 5.43. The molecule has 1 fully saturated rings. The molecule has 0 bridgehead atoms. The van der Waals surface area contributed by atoms with E-state index in [1.807, 2.05) is 13.0 Å². The number of hydrogen-bond donors (Lipinski definition) is 0. The summed E-state index contributed by atoms with van der Waals surface area (Å²) < 4.78 is 6.63. The van der Waals surface area contributed by atoms with Crippen molar-refractivity contribution in [3.63, 3.8) is 0 Å². The Morgan fingerprint density at radius 1 is 1.26 bits per heavy atom. The van der Waals surface area contributed by atoms with Crippen LogP contribution >= 0.6 is 15.9 Å². The molecule has 2 aliphatic rings. The van der Waals surface area contributed by atoms with Gasteiger partial charge in [0.1, 0.15) is 0 Å². The summed E-state index contributed by atoms with van der Waals surface area (Å²) >= 11 is 3.61. The van der Waals surface area contributed by atoms with E-state index in [1.165, 1.54) is 16.7 Å². The largest absolute Gasteiger partial charge is 0.466 e. The zero-order valence-electron chi connectivity index (χ0n) is 15.8. The first-order chi connectivity index (χ1) is 13.1. The topological polar surface area (TPSA) is 29.5 Å². The second kappa shape index (κ2) is 7.76. The molecule has 0 amide bonds. The van der Waals surface area contributed by atoms with Crippen LogP contribution in [0.25, 0.3) is 0 Å². The zero-order chi connectivity index (χ0) is 18.9. The Morgan fingerprint density at radius 2 is 2.07 bits per heavy atom. The number of carbonyl (C=O) groups excluding carboxylic acids is 1. The Morgan fingerprint density at radius 3 is 2.85 bits per heavy atom. The van der Waals surface area contributed by atoms with Gasteiger partial charge in [-0.2, -0.15) is 0 Å². The van der Waals surface area contributed by atoms with E-state index in [4.69, 9.17) is 4.74 Å². The highest BCUT2D eigenvalue weighted by Gasteiger charge is 2.53. The summed E-state index contributed by atoms with van der Waals surface area (Å²) in [5.74, 6) is -0.134. The predicted molar refractivity (Wildman–Crippen MR) is 111 cm³/mol. The molecular formula is C23H26BrNO2. The normalized spacial score (nSPS) is 24.7. The van der Waals surface area contributed by atoms with Gasteiger partial charge in [0.05, 0.1) is 12.5 Å². The van der Waals surface area contributed by atoms with E-state index < -0.39 is 0 Å². The van der Waals surface area contributed by atoms with Gasteiger partial charge in [-0.25, -0.2) is 0 Å². The molecule has 2 unspecified atom stereocenters. The molecule has 1 aliphatic carbocycles. The van der Waals surface area contributed by atoms with E-state index in [-0.39, 0.29) is 17.3 Å². The van der Waals surface area contributed by atoms with Crippen molar-refractivity contribution in [3.8, 4) is 0 Å². The monoisotopic (exact) mass is 427 g/mol. The quantitative estimate of drug-likeness (QED) is 0.661. The number of nitrogens with zero attached hydrogens (tertiary/aromatic N) is 1. The average Bonchev–Trinajstić information content (AvgIpc) is 3.01. The van der Waals surface area contributed by atoms with E-state index >= 15 is 0 Å². The van der Waals surface area contributed by atoms with Crippen LogP contribution in [0.4, 0.5) is 0 Å². The van der Waals surface area contributed by atoms with Gasteiger partial charge in [0.25, 0.3) is 0 Å². The molecule has 0 radical (unpaired) electrons. The van der Waals surface area contributed by atoms with Crippen molar-refractivity contribution in [2.45, 2.75) is 38.1 Å². The Labute approximate surface area is 169 Å². The van der Waals surface area contributed by atoms with Crippen LogP contribution in [0.1, 0.15) is 36.5 Å². The van der Waals surface area contributed by atoms with E-state index in [2.05, 4.69) is 63.3 Å². The molecule has 2 atom stereocenters. The lowest BCUT2D eigenvalue weighted by Crippen LogP contribution is -2.42. The van der Waals surface area contributed by atoms with Crippen LogP contribution < -0.4 is 0 Å². The lowest BCUT2D eigenvalue weighted by molar-refractivity contribution is -0.149. The summed E-state index contributed by atoms with van der Waals surface area (Å²) in [5, 5.41) is 0. The highest BCUT2D eigenvalue weighted by Crippen LogP contribution is 2.48. The Balaban J connectivity index is 1.70. The Bertz CT molecular complexity index is 822. The van der Waals surface area contributed by atoms with Gasteiger partial charge in [-0.1, -0.05) is 52.3 Å². The molecular weight excluding hydrogens is 402 g/mol. The molecule has 4 rings (SSSR count). The van der Waals surface area contributed by atoms with Gasteiger partial charge in [-0.15, -0.1) is 0 Å². The van der Waals surface area contributed by atoms with Crippen LogP contribution in [0.5, 0.6) is 0 Å². The molecule has 3 nitrogen and oxygen atoms in total. The summed E-state index contributed by atoms with van der Waals surface area (Å²) in [6, 6.07) is 17.1. The highest BCUT2D eigenvalue weighted by molar-refractivity contribution is 9.10. The summed E-state index contributed by atoms with van der Waals surface area (Å²) in [4.78, 5) is 15.4. The number of carbonyl (C=O) groups is 1. The molecule has 27 heavy (non-hydrogen) atoms. The Kier molecular flexibility index (Phi) is 5.38. The van der Waals surface area contributed by atoms with Crippen LogP contribution in [0, 0.1) is 5.92 Å². The molecule has 2 aromatic rings. The molecule has 1 spiro atoms. The van der Waals surface area contributed by atoms with Crippen LogP contribution in [0.2, 0.25) is 0 Å². The molecule has 2 aromatic carbocycles. The van der Waals surface area contributed by atoms with Gasteiger partial charge in [0.2, 0.25) is 0 Å². The minimum atomic E-state index is -0.130. The lowest BCUT2D eigenvalue weighted by Gasteiger charge is -2.39. The molecule has 4 heteroatoms. The Hall–Kier alpha value is -1.65. The summed E-state index contributed by atoms with van der Waals surface area (Å²) in [6.45, 7) is 4.90. The number of ether oxygens (including phenoxy) is 1. The van der Waals surface area contributed by atoms with Crippen molar-refractivity contribution in [2.75, 3.05) is 19.7 Å². The number of fused-ring (bicyclic) bond motifs is 2. The molecule has 0 N–H and O–H groups in total. The fourth-order valence-electron chi connectivity index (χ4n) is 5.02. The zero-order valence-corrected chi connectivity index (χ0v) is 17.4. The first-order valence-electron chi connectivity index (χ1n) is 9.84. The van der Waals surface area contributed by atoms with Gasteiger partial charge < -0.3 is 4.74 Å². The first kappa shape index (κ1) is 18.7. The lowest BCUT2D eigenvalue weighted by atomic mass is 9.64. The van der Waals surface area contributed by atoms with E-state index in [0.717, 1.165) is 43.4 Å². The maximum Gasteiger partial charge on any atom is 0.311 e. The van der Waals surface area contributed by atoms with Crippen LogP contribution in [-0.4, -0.2) is 30.6 Å². The van der Waals surface area contributed by atoms with Gasteiger partial charge in [0.15, 0.2) is 0 Å². The SMILES string of the molecule is CCOC(=O)C1CN(Cc2ccccc2)CC12CCCc1cc(Br)ccc12. The molecule has 0 saturated carbocycles. The number of benzene rings is 2. The maximum absolute atomic E-state index is 12.9. The number of likely N-dealkylation sites (tertiary alicyclic amines) is 1. The predicted octanol–water partition coefficient (Wildman–Crippen LogP) is 4.72. The van der Waals surface area contributed by atoms with Crippen molar-refractivity contribution in [3.05, 3.63) is 69.7 Å². The maximum atomic E-state index is 12.9. The average molecular weight is 428 g/mol. The second-order valence-electron chi connectivity index (χ2n) is 7.77. The van der Waals surface area contributed by atoms with Crippen molar-refractivity contribution in [2.24, 2.45) is 5.92 Å². The van der Waals surface area contributed by atoms with E-state index in [1.54, 1.807) is 0 Å². The van der Waals surface area contributed by atoms with Crippen molar-refractivity contribution < 1.29 is 9.53 Å². The number of halogens is 1. The standard InChI is InChI=1S/C23H26BrNO2/c1-2-27-22(26)21-15-25(14-17-7-4-3-5-8-17)16-23(21)12-6-9-18-13-19(24)10-11-20(18)23/h3-5,7-8,10-11,13,21H,2,6,9,12,14-16H2,1H3. The smallest absolute Gasteiger partial charge is 0.311 e. The van der Waals surface area contributed by atoms with Crippen LogP contribution in [0.3, 0.4) is 0 Å². The second-order valence-corrected chi connectivity index (χ2v) is 8.69. The van der Waals surface area contributed by atoms with Gasteiger partial charge in [0, 0.05) is 29.5 Å².